The second kappa shape index (κ2) is 11.5. The number of hydrogen-bond acceptors (Lipinski definition) is 3. The zero-order valence-electron chi connectivity index (χ0n) is 16.4. The van der Waals surface area contributed by atoms with E-state index in [4.69, 9.17) is 0 Å². The van der Waals surface area contributed by atoms with Gasteiger partial charge in [0.1, 0.15) is 0 Å². The quantitative estimate of drug-likeness (QED) is 0.533. The van der Waals surface area contributed by atoms with Gasteiger partial charge >= 0.3 is 0 Å². The second-order valence-corrected chi connectivity index (χ2v) is 7.44. The molecule has 0 saturated heterocycles. The third-order valence-corrected chi connectivity index (χ3v) is 4.60. The van der Waals surface area contributed by atoms with Gasteiger partial charge in [0.2, 0.25) is 0 Å². The van der Waals surface area contributed by atoms with Crippen LogP contribution in [0.25, 0.3) is 0 Å². The minimum atomic E-state index is -0.656. The van der Waals surface area contributed by atoms with Crippen molar-refractivity contribution in [2.75, 3.05) is 13.1 Å². The highest BCUT2D eigenvalue weighted by molar-refractivity contribution is 5.94. The number of rotatable bonds is 11. The second-order valence-electron chi connectivity index (χ2n) is 7.44. The Hall–Kier alpha value is -2.17. The van der Waals surface area contributed by atoms with Gasteiger partial charge in [-0.1, -0.05) is 62.4 Å². The summed E-state index contributed by atoms with van der Waals surface area (Å²) in [6.07, 6.45) is 2.19. The van der Waals surface area contributed by atoms with Crippen LogP contribution in [0.2, 0.25) is 0 Å². The highest BCUT2D eigenvalue weighted by Gasteiger charge is 2.22. The van der Waals surface area contributed by atoms with E-state index in [-0.39, 0.29) is 11.9 Å². The van der Waals surface area contributed by atoms with Crippen molar-refractivity contribution >= 4 is 5.91 Å². The monoisotopic (exact) mass is 368 g/mol. The summed E-state index contributed by atoms with van der Waals surface area (Å²) in [5, 5.41) is 17.0. The van der Waals surface area contributed by atoms with Crippen LogP contribution in [0.1, 0.15) is 42.6 Å². The summed E-state index contributed by atoms with van der Waals surface area (Å²) in [6, 6.07) is 18.7. The van der Waals surface area contributed by atoms with Gasteiger partial charge in [0.25, 0.3) is 5.91 Å². The van der Waals surface area contributed by atoms with Crippen molar-refractivity contribution in [1.29, 1.82) is 0 Å². The van der Waals surface area contributed by atoms with Crippen LogP contribution < -0.4 is 10.6 Å². The van der Waals surface area contributed by atoms with Crippen molar-refractivity contribution in [3.05, 3.63) is 71.8 Å². The van der Waals surface area contributed by atoms with Crippen LogP contribution in [0.15, 0.2) is 60.7 Å². The largest absolute Gasteiger partial charge is 0.390 e. The number of hydrogen-bond donors (Lipinski definition) is 3. The van der Waals surface area contributed by atoms with Gasteiger partial charge in [0, 0.05) is 12.1 Å². The summed E-state index contributed by atoms with van der Waals surface area (Å²) in [5.74, 6) is 0.531. The molecule has 2 aromatic carbocycles. The Morgan fingerprint density at radius 3 is 2.26 bits per heavy atom. The number of amides is 1. The molecule has 0 unspecified atom stereocenters. The maximum absolute atomic E-state index is 12.6. The summed E-state index contributed by atoms with van der Waals surface area (Å²) in [6.45, 7) is 5.76. The Labute approximate surface area is 163 Å². The van der Waals surface area contributed by atoms with E-state index >= 15 is 0 Å². The van der Waals surface area contributed by atoms with Gasteiger partial charge in [-0.05, 0) is 49.4 Å². The van der Waals surface area contributed by atoms with Crippen molar-refractivity contribution in [3.63, 3.8) is 0 Å². The number of carbonyl (C=O) groups is 1. The minimum Gasteiger partial charge on any atom is -0.390 e. The highest BCUT2D eigenvalue weighted by atomic mass is 16.3. The molecule has 0 radical (unpaired) electrons. The first kappa shape index (κ1) is 21.1. The highest BCUT2D eigenvalue weighted by Crippen LogP contribution is 2.09. The molecule has 2 aromatic rings. The molecule has 0 aromatic heterocycles. The summed E-state index contributed by atoms with van der Waals surface area (Å²) < 4.78 is 0. The van der Waals surface area contributed by atoms with E-state index in [0.717, 1.165) is 18.5 Å². The topological polar surface area (TPSA) is 61.4 Å². The molecule has 4 heteroatoms. The van der Waals surface area contributed by atoms with E-state index in [9.17, 15) is 9.90 Å². The standard InChI is InChI=1S/C23H32N2O2/c1-18(2)10-9-15-24-17-22(26)21(16-19-11-5-3-6-12-19)25-23(27)20-13-7-4-8-14-20/h3-8,11-14,18,21-22,24,26H,9-10,15-17H2,1-2H3,(H,25,27)/t21-,22+/m0/s1. The molecule has 3 N–H and O–H groups in total. The summed E-state index contributed by atoms with van der Waals surface area (Å²) in [4.78, 5) is 12.6. The van der Waals surface area contributed by atoms with E-state index in [0.29, 0.717) is 24.4 Å². The number of aliphatic hydroxyl groups excluding tert-OH is 1. The van der Waals surface area contributed by atoms with E-state index in [1.807, 2.05) is 48.5 Å². The Kier molecular flexibility index (Phi) is 9.02. The fraction of sp³-hybridized carbons (Fsp3) is 0.435. The zero-order chi connectivity index (χ0) is 19.5. The predicted molar refractivity (Wildman–Crippen MR) is 111 cm³/mol. The van der Waals surface area contributed by atoms with Crippen LogP contribution in [0.3, 0.4) is 0 Å². The molecule has 146 valence electrons. The van der Waals surface area contributed by atoms with E-state index in [1.165, 1.54) is 6.42 Å². The molecular formula is C23H32N2O2. The Bertz CT molecular complexity index is 659. The fourth-order valence-electron chi connectivity index (χ4n) is 3.02. The van der Waals surface area contributed by atoms with Crippen LogP contribution in [0.4, 0.5) is 0 Å². The Morgan fingerprint density at radius 2 is 1.63 bits per heavy atom. The number of nitrogens with one attached hydrogen (secondary N) is 2. The van der Waals surface area contributed by atoms with Gasteiger partial charge in [-0.25, -0.2) is 0 Å². The van der Waals surface area contributed by atoms with Gasteiger partial charge in [-0.15, -0.1) is 0 Å². The molecule has 1 amide bonds. The van der Waals surface area contributed by atoms with Crippen LogP contribution in [0.5, 0.6) is 0 Å². The molecule has 4 nitrogen and oxygen atoms in total. The Morgan fingerprint density at radius 1 is 1.00 bits per heavy atom. The first-order valence-electron chi connectivity index (χ1n) is 9.85. The lowest BCUT2D eigenvalue weighted by Crippen LogP contribution is -2.48. The fourth-order valence-corrected chi connectivity index (χ4v) is 3.02. The number of benzene rings is 2. The molecule has 0 aliphatic rings. The molecule has 0 aliphatic carbocycles. The van der Waals surface area contributed by atoms with E-state index < -0.39 is 6.10 Å². The number of carbonyl (C=O) groups excluding carboxylic acids is 1. The molecule has 2 atom stereocenters. The van der Waals surface area contributed by atoms with Gasteiger partial charge in [-0.3, -0.25) is 4.79 Å². The van der Waals surface area contributed by atoms with Gasteiger partial charge < -0.3 is 15.7 Å². The molecular weight excluding hydrogens is 336 g/mol. The van der Waals surface area contributed by atoms with Crippen LogP contribution >= 0.6 is 0 Å². The maximum atomic E-state index is 12.6. The maximum Gasteiger partial charge on any atom is 0.251 e. The average molecular weight is 369 g/mol. The lowest BCUT2D eigenvalue weighted by molar-refractivity contribution is 0.0830. The normalized spacial score (nSPS) is 13.3. The van der Waals surface area contributed by atoms with Crippen molar-refractivity contribution in [1.82, 2.24) is 10.6 Å². The number of aliphatic hydroxyl groups is 1. The van der Waals surface area contributed by atoms with Crippen molar-refractivity contribution in [2.45, 2.75) is 45.3 Å². The molecule has 0 fully saturated rings. The van der Waals surface area contributed by atoms with Crippen molar-refractivity contribution in [3.8, 4) is 0 Å². The van der Waals surface area contributed by atoms with Crippen LogP contribution in [-0.4, -0.2) is 36.2 Å². The molecule has 27 heavy (non-hydrogen) atoms. The average Bonchev–Trinajstić information content (AvgIpc) is 2.68. The minimum absolute atomic E-state index is 0.157. The molecule has 0 aliphatic heterocycles. The summed E-state index contributed by atoms with van der Waals surface area (Å²) >= 11 is 0. The first-order chi connectivity index (χ1) is 13.1. The van der Waals surface area contributed by atoms with E-state index in [2.05, 4.69) is 24.5 Å². The summed E-state index contributed by atoms with van der Waals surface area (Å²) in [7, 11) is 0. The molecule has 2 rings (SSSR count). The molecule has 0 saturated carbocycles. The molecule has 0 heterocycles. The van der Waals surface area contributed by atoms with Crippen LogP contribution in [0, 0.1) is 5.92 Å². The third-order valence-electron chi connectivity index (χ3n) is 4.60. The van der Waals surface area contributed by atoms with Crippen molar-refractivity contribution < 1.29 is 9.90 Å². The smallest absolute Gasteiger partial charge is 0.251 e. The third kappa shape index (κ3) is 7.94. The summed E-state index contributed by atoms with van der Waals surface area (Å²) in [5.41, 5.74) is 1.70. The Balaban J connectivity index is 1.95. The van der Waals surface area contributed by atoms with E-state index in [1.54, 1.807) is 12.1 Å². The SMILES string of the molecule is CC(C)CCCNC[C@@H](O)[C@H](Cc1ccccc1)NC(=O)c1ccccc1. The lowest BCUT2D eigenvalue weighted by Gasteiger charge is -2.25. The van der Waals surface area contributed by atoms with Gasteiger partial charge in [0.05, 0.1) is 12.1 Å². The van der Waals surface area contributed by atoms with Crippen molar-refractivity contribution in [2.24, 2.45) is 5.92 Å². The van der Waals surface area contributed by atoms with Gasteiger partial charge in [-0.2, -0.15) is 0 Å². The van der Waals surface area contributed by atoms with Gasteiger partial charge in [0.15, 0.2) is 0 Å². The lowest BCUT2D eigenvalue weighted by atomic mass is 10.0. The molecule has 0 bridgehead atoms. The first-order valence-corrected chi connectivity index (χ1v) is 9.85. The zero-order valence-corrected chi connectivity index (χ0v) is 16.4. The predicted octanol–water partition coefficient (Wildman–Crippen LogP) is 3.41. The van der Waals surface area contributed by atoms with Crippen LogP contribution in [-0.2, 0) is 6.42 Å². The molecule has 0 spiro atoms.